The van der Waals surface area contributed by atoms with Crippen LogP contribution < -0.4 is 10.1 Å². The molecule has 0 aliphatic carbocycles. The van der Waals surface area contributed by atoms with E-state index in [2.05, 4.69) is 10.4 Å². The van der Waals surface area contributed by atoms with Gasteiger partial charge in [0.1, 0.15) is 5.75 Å². The predicted molar refractivity (Wildman–Crippen MR) is 73.3 cm³/mol. The fourth-order valence-electron chi connectivity index (χ4n) is 1.85. The van der Waals surface area contributed by atoms with E-state index in [9.17, 15) is 4.79 Å². The number of anilines is 1. The fourth-order valence-corrected chi connectivity index (χ4v) is 1.85. The molecule has 100 valence electrons. The molecule has 0 saturated heterocycles. The Labute approximate surface area is 112 Å². The number of nitrogens with zero attached hydrogens (tertiary/aromatic N) is 2. The van der Waals surface area contributed by atoms with Crippen molar-refractivity contribution in [2.24, 2.45) is 7.05 Å². The lowest BCUT2D eigenvalue weighted by molar-refractivity contribution is -0.115. The molecule has 0 saturated carbocycles. The minimum absolute atomic E-state index is 0.0544. The minimum atomic E-state index is -0.0544. The normalized spacial score (nSPS) is 10.3. The molecule has 1 heterocycles. The highest BCUT2D eigenvalue weighted by Crippen LogP contribution is 2.14. The molecule has 0 unspecified atom stereocenters. The summed E-state index contributed by atoms with van der Waals surface area (Å²) in [5, 5.41) is 7.03. The molecule has 0 atom stereocenters. The Kier molecular flexibility index (Phi) is 3.85. The number of rotatable bonds is 4. The Balaban J connectivity index is 1.99. The average molecular weight is 259 g/mol. The molecule has 1 amide bonds. The van der Waals surface area contributed by atoms with Crippen molar-refractivity contribution in [3.63, 3.8) is 0 Å². The van der Waals surface area contributed by atoms with Crippen LogP contribution in [0.15, 0.2) is 30.5 Å². The number of aromatic nitrogens is 2. The molecule has 0 spiro atoms. The summed E-state index contributed by atoms with van der Waals surface area (Å²) in [6.07, 6.45) is 2.12. The Morgan fingerprint density at radius 2 is 2.05 bits per heavy atom. The van der Waals surface area contributed by atoms with Crippen LogP contribution in [0.4, 0.5) is 5.69 Å². The molecule has 0 aliphatic rings. The van der Waals surface area contributed by atoms with Gasteiger partial charge in [0.25, 0.3) is 0 Å². The summed E-state index contributed by atoms with van der Waals surface area (Å²) >= 11 is 0. The van der Waals surface area contributed by atoms with Gasteiger partial charge in [-0.1, -0.05) is 12.1 Å². The maximum atomic E-state index is 11.9. The highest BCUT2D eigenvalue weighted by atomic mass is 16.5. The SMILES string of the molecule is COc1ccc(CC(=O)Nc2cn(C)nc2C)cc1. The topological polar surface area (TPSA) is 56.1 Å². The Hall–Kier alpha value is -2.30. The van der Waals surface area contributed by atoms with Crippen LogP contribution in [0.1, 0.15) is 11.3 Å². The second-order valence-corrected chi connectivity index (χ2v) is 4.37. The Bertz CT molecular complexity index is 573. The van der Waals surface area contributed by atoms with E-state index >= 15 is 0 Å². The summed E-state index contributed by atoms with van der Waals surface area (Å²) in [6.45, 7) is 1.86. The molecule has 0 aliphatic heterocycles. The Morgan fingerprint density at radius 1 is 1.37 bits per heavy atom. The number of methoxy groups -OCH3 is 1. The number of nitrogens with one attached hydrogen (secondary N) is 1. The lowest BCUT2D eigenvalue weighted by atomic mass is 10.1. The van der Waals surface area contributed by atoms with Gasteiger partial charge in [0.2, 0.25) is 5.91 Å². The van der Waals surface area contributed by atoms with Crippen molar-refractivity contribution in [3.8, 4) is 5.75 Å². The Morgan fingerprint density at radius 3 is 2.58 bits per heavy atom. The number of ether oxygens (including phenoxy) is 1. The molecular weight excluding hydrogens is 242 g/mol. The smallest absolute Gasteiger partial charge is 0.228 e. The molecule has 19 heavy (non-hydrogen) atoms. The van der Waals surface area contributed by atoms with E-state index in [0.717, 1.165) is 22.7 Å². The van der Waals surface area contributed by atoms with E-state index in [4.69, 9.17) is 4.74 Å². The van der Waals surface area contributed by atoms with Gasteiger partial charge in [0, 0.05) is 13.2 Å². The molecule has 0 radical (unpaired) electrons. The van der Waals surface area contributed by atoms with Crippen LogP contribution >= 0.6 is 0 Å². The molecule has 0 fully saturated rings. The van der Waals surface area contributed by atoms with E-state index in [1.54, 1.807) is 18.0 Å². The third-order valence-electron chi connectivity index (χ3n) is 2.81. The number of carbonyl (C=O) groups excluding carboxylic acids is 1. The van der Waals surface area contributed by atoms with Crippen LogP contribution in [0, 0.1) is 6.92 Å². The third-order valence-corrected chi connectivity index (χ3v) is 2.81. The van der Waals surface area contributed by atoms with Crippen LogP contribution in [-0.4, -0.2) is 22.8 Å². The highest BCUT2D eigenvalue weighted by Gasteiger charge is 2.08. The maximum Gasteiger partial charge on any atom is 0.228 e. The molecular formula is C14H17N3O2. The quantitative estimate of drug-likeness (QED) is 0.912. The first-order valence-electron chi connectivity index (χ1n) is 6.01. The van der Waals surface area contributed by atoms with E-state index in [1.165, 1.54) is 0 Å². The van der Waals surface area contributed by atoms with Gasteiger partial charge in [-0.15, -0.1) is 0 Å². The fraction of sp³-hybridized carbons (Fsp3) is 0.286. The van der Waals surface area contributed by atoms with Crippen LogP contribution in [0.2, 0.25) is 0 Å². The summed E-state index contributed by atoms with van der Waals surface area (Å²) in [5.74, 6) is 0.730. The maximum absolute atomic E-state index is 11.9. The molecule has 2 aromatic rings. The van der Waals surface area contributed by atoms with Gasteiger partial charge in [0.05, 0.1) is 24.9 Å². The van der Waals surface area contributed by atoms with Crippen LogP contribution in [0.3, 0.4) is 0 Å². The van der Waals surface area contributed by atoms with Crippen molar-refractivity contribution in [2.75, 3.05) is 12.4 Å². The second-order valence-electron chi connectivity index (χ2n) is 4.37. The summed E-state index contributed by atoms with van der Waals surface area (Å²) in [4.78, 5) is 11.9. The number of aryl methyl sites for hydroxylation is 2. The van der Waals surface area contributed by atoms with Gasteiger partial charge in [0.15, 0.2) is 0 Å². The summed E-state index contributed by atoms with van der Waals surface area (Å²) in [6, 6.07) is 7.46. The molecule has 5 nitrogen and oxygen atoms in total. The van der Waals surface area contributed by atoms with Crippen LogP contribution in [0.25, 0.3) is 0 Å². The monoisotopic (exact) mass is 259 g/mol. The molecule has 1 aromatic carbocycles. The van der Waals surface area contributed by atoms with E-state index in [-0.39, 0.29) is 5.91 Å². The number of benzene rings is 1. The highest BCUT2D eigenvalue weighted by molar-refractivity contribution is 5.92. The van der Waals surface area contributed by atoms with E-state index < -0.39 is 0 Å². The first-order valence-corrected chi connectivity index (χ1v) is 6.01. The summed E-state index contributed by atoms with van der Waals surface area (Å²) < 4.78 is 6.76. The summed E-state index contributed by atoms with van der Waals surface area (Å²) in [7, 11) is 3.44. The zero-order chi connectivity index (χ0) is 13.8. The molecule has 2 rings (SSSR count). The van der Waals surface area contributed by atoms with Crippen molar-refractivity contribution >= 4 is 11.6 Å². The lowest BCUT2D eigenvalue weighted by Crippen LogP contribution is -2.14. The number of hydrogen-bond donors (Lipinski definition) is 1. The van der Waals surface area contributed by atoms with E-state index in [0.29, 0.717) is 6.42 Å². The number of carbonyl (C=O) groups is 1. The van der Waals surface area contributed by atoms with Crippen molar-refractivity contribution in [1.29, 1.82) is 0 Å². The average Bonchev–Trinajstić information content (AvgIpc) is 2.68. The van der Waals surface area contributed by atoms with E-state index in [1.807, 2.05) is 38.2 Å². The van der Waals surface area contributed by atoms with Gasteiger partial charge in [-0.2, -0.15) is 5.10 Å². The van der Waals surface area contributed by atoms with Crippen LogP contribution in [0.5, 0.6) is 5.75 Å². The molecule has 5 heteroatoms. The molecule has 1 aromatic heterocycles. The van der Waals surface area contributed by atoms with Crippen molar-refractivity contribution in [1.82, 2.24) is 9.78 Å². The van der Waals surface area contributed by atoms with Gasteiger partial charge in [-0.25, -0.2) is 0 Å². The zero-order valence-corrected chi connectivity index (χ0v) is 11.3. The van der Waals surface area contributed by atoms with Crippen molar-refractivity contribution < 1.29 is 9.53 Å². The standard InChI is InChI=1S/C14H17N3O2/c1-10-13(9-17(2)16-10)15-14(18)8-11-4-6-12(19-3)7-5-11/h4-7,9H,8H2,1-3H3,(H,15,18). The largest absolute Gasteiger partial charge is 0.497 e. The lowest BCUT2D eigenvalue weighted by Gasteiger charge is -2.05. The van der Waals surface area contributed by atoms with Crippen molar-refractivity contribution in [2.45, 2.75) is 13.3 Å². The van der Waals surface area contributed by atoms with Crippen molar-refractivity contribution in [3.05, 3.63) is 41.7 Å². The minimum Gasteiger partial charge on any atom is -0.497 e. The van der Waals surface area contributed by atoms with Gasteiger partial charge >= 0.3 is 0 Å². The van der Waals surface area contributed by atoms with Gasteiger partial charge < -0.3 is 10.1 Å². The summed E-state index contributed by atoms with van der Waals surface area (Å²) in [5.41, 5.74) is 2.51. The second kappa shape index (κ2) is 5.56. The zero-order valence-electron chi connectivity index (χ0n) is 11.3. The number of amides is 1. The number of hydrogen-bond acceptors (Lipinski definition) is 3. The first-order chi connectivity index (χ1) is 9.08. The first kappa shape index (κ1) is 13.1. The molecule has 0 bridgehead atoms. The van der Waals surface area contributed by atoms with Crippen LogP contribution in [-0.2, 0) is 18.3 Å². The predicted octanol–water partition coefficient (Wildman–Crippen LogP) is 1.92. The van der Waals surface area contributed by atoms with Gasteiger partial charge in [-0.3, -0.25) is 9.48 Å². The molecule has 1 N–H and O–H groups in total. The van der Waals surface area contributed by atoms with Gasteiger partial charge in [-0.05, 0) is 24.6 Å². The third kappa shape index (κ3) is 3.34.